The van der Waals surface area contributed by atoms with Gasteiger partial charge in [-0.25, -0.2) is 4.98 Å². The lowest BCUT2D eigenvalue weighted by Gasteiger charge is -2.34. The van der Waals surface area contributed by atoms with Crippen molar-refractivity contribution < 1.29 is 24.2 Å². The Balaban J connectivity index is 0.00000380. The van der Waals surface area contributed by atoms with Crippen molar-refractivity contribution in [3.05, 3.63) is 45.8 Å². The molecule has 3 heterocycles. The van der Waals surface area contributed by atoms with Crippen LogP contribution in [0.4, 0.5) is 5.69 Å². The maximum Gasteiger partial charge on any atom is 0.323 e. The van der Waals surface area contributed by atoms with Crippen LogP contribution in [0.2, 0.25) is 0 Å². The van der Waals surface area contributed by atoms with Crippen molar-refractivity contribution in [2.24, 2.45) is 0 Å². The second-order valence-corrected chi connectivity index (χ2v) is 10.3. The summed E-state index contributed by atoms with van der Waals surface area (Å²) in [5.74, 6) is 0.496. The summed E-state index contributed by atoms with van der Waals surface area (Å²) in [6.45, 7) is 13.5. The first kappa shape index (κ1) is 28.2. The Kier molecular flexibility index (Phi) is 8.07. The van der Waals surface area contributed by atoms with Crippen LogP contribution in [0.25, 0.3) is 0 Å². The molecular weight excluding hydrogens is 496 g/mol. The molecule has 200 valence electrons. The number of carbonyl (C=O) groups is 2. The van der Waals surface area contributed by atoms with Gasteiger partial charge in [-0.3, -0.25) is 15.0 Å². The van der Waals surface area contributed by atoms with Gasteiger partial charge in [-0.1, -0.05) is 20.8 Å². The van der Waals surface area contributed by atoms with E-state index in [1.54, 1.807) is 15.9 Å². The van der Waals surface area contributed by atoms with Crippen LogP contribution in [0.3, 0.4) is 0 Å². The van der Waals surface area contributed by atoms with Crippen LogP contribution >= 0.6 is 12.4 Å². The molecule has 0 spiro atoms. The summed E-state index contributed by atoms with van der Waals surface area (Å²) >= 11 is 0. The summed E-state index contributed by atoms with van der Waals surface area (Å²) in [5.41, 5.74) is 4.79. The number of Topliss-reactive ketones (excluding diaryl/α,β-unsaturated/α-hetero) is 1. The number of benzene rings is 1. The van der Waals surface area contributed by atoms with Gasteiger partial charge in [0.2, 0.25) is 0 Å². The molecule has 2 aliphatic heterocycles. The van der Waals surface area contributed by atoms with Gasteiger partial charge in [0.05, 0.1) is 31.1 Å². The van der Waals surface area contributed by atoms with E-state index in [4.69, 9.17) is 14.9 Å². The molecule has 9 nitrogen and oxygen atoms in total. The third-order valence-electron chi connectivity index (χ3n) is 6.67. The number of fused-ring (bicyclic) bond motifs is 2. The van der Waals surface area contributed by atoms with Crippen LogP contribution < -0.4 is 14.4 Å². The van der Waals surface area contributed by atoms with Crippen molar-refractivity contribution in [3.63, 3.8) is 0 Å². The minimum absolute atomic E-state index is 0. The van der Waals surface area contributed by atoms with Gasteiger partial charge >= 0.3 is 5.97 Å². The Morgan fingerprint density at radius 1 is 1.19 bits per heavy atom. The molecule has 0 saturated heterocycles. The highest BCUT2D eigenvalue weighted by molar-refractivity contribution is 6.05. The quantitative estimate of drug-likeness (QED) is 0.513. The molecule has 0 bridgehead atoms. The fourth-order valence-corrected chi connectivity index (χ4v) is 4.86. The number of aliphatic carboxylic acids is 1. The van der Waals surface area contributed by atoms with E-state index in [0.29, 0.717) is 49.0 Å². The Labute approximate surface area is 223 Å². The predicted molar refractivity (Wildman–Crippen MR) is 144 cm³/mol. The lowest BCUT2D eigenvalue weighted by atomic mass is 9.84. The minimum atomic E-state index is -0.940. The SMILES string of the molecule is CCOc1c(C)nc2c(c1C)CN(CC(=O)c1cc3c(c(C(C)(C)C)c1)OCCN3CC(=O)O)C2=N.Cl. The van der Waals surface area contributed by atoms with Gasteiger partial charge in [0, 0.05) is 28.8 Å². The van der Waals surface area contributed by atoms with Gasteiger partial charge in [0.25, 0.3) is 0 Å². The number of aryl methyl sites for hydroxylation is 1. The maximum absolute atomic E-state index is 13.6. The molecule has 0 fully saturated rings. The molecule has 2 aromatic rings. The first-order valence-corrected chi connectivity index (χ1v) is 12.2. The van der Waals surface area contributed by atoms with E-state index < -0.39 is 5.97 Å². The van der Waals surface area contributed by atoms with Gasteiger partial charge in [0.15, 0.2) is 5.78 Å². The number of carboxylic acid groups (broad SMARTS) is 1. The van der Waals surface area contributed by atoms with Crippen molar-refractivity contribution in [2.75, 3.05) is 37.7 Å². The van der Waals surface area contributed by atoms with Crippen LogP contribution in [0, 0.1) is 19.3 Å². The zero-order chi connectivity index (χ0) is 26.4. The fraction of sp³-hybridized carbons (Fsp3) is 0.481. The number of nitrogens with one attached hydrogen (secondary N) is 1. The van der Waals surface area contributed by atoms with Gasteiger partial charge < -0.3 is 24.4 Å². The molecule has 1 aromatic carbocycles. The zero-order valence-electron chi connectivity index (χ0n) is 22.2. The van der Waals surface area contributed by atoms with Crippen LogP contribution in [-0.4, -0.2) is 65.4 Å². The molecule has 0 atom stereocenters. The summed E-state index contributed by atoms with van der Waals surface area (Å²) in [7, 11) is 0. The Bertz CT molecular complexity index is 1250. The third-order valence-corrected chi connectivity index (χ3v) is 6.67. The van der Waals surface area contributed by atoms with Crippen molar-refractivity contribution in [1.29, 1.82) is 5.41 Å². The van der Waals surface area contributed by atoms with E-state index in [9.17, 15) is 14.7 Å². The monoisotopic (exact) mass is 530 g/mol. The number of carboxylic acids is 1. The number of nitrogens with zero attached hydrogens (tertiary/aromatic N) is 3. The number of ketones is 1. The van der Waals surface area contributed by atoms with E-state index in [1.807, 2.05) is 47.6 Å². The second kappa shape index (κ2) is 10.6. The Hall–Kier alpha value is -3.33. The number of halogens is 1. The smallest absolute Gasteiger partial charge is 0.323 e. The van der Waals surface area contributed by atoms with E-state index in [2.05, 4.69) is 4.98 Å². The number of ether oxygens (including phenoxy) is 2. The summed E-state index contributed by atoms with van der Waals surface area (Å²) in [4.78, 5) is 33.1. The lowest BCUT2D eigenvalue weighted by Crippen LogP contribution is -2.38. The molecule has 0 saturated carbocycles. The first-order chi connectivity index (χ1) is 16.9. The van der Waals surface area contributed by atoms with Crippen LogP contribution in [0.5, 0.6) is 11.5 Å². The lowest BCUT2D eigenvalue weighted by molar-refractivity contribution is -0.135. The standard InChI is InChI=1S/C27H34N4O5.ClH/c1-7-35-24-15(2)18-12-31(26(28)23(18)29-16(24)3)13-21(32)17-10-19(27(4,5)6)25-20(11-17)30(8-9-36-25)14-22(33)34;/h10-11,28H,7-9,12-14H2,1-6H3,(H,33,34);1H. The normalized spacial score (nSPS) is 14.5. The number of hydrogen-bond donors (Lipinski definition) is 2. The topological polar surface area (TPSA) is 116 Å². The summed E-state index contributed by atoms with van der Waals surface area (Å²) < 4.78 is 11.7. The second-order valence-electron chi connectivity index (χ2n) is 10.3. The average molecular weight is 531 g/mol. The third kappa shape index (κ3) is 5.37. The van der Waals surface area contributed by atoms with E-state index >= 15 is 0 Å². The number of anilines is 1. The van der Waals surface area contributed by atoms with E-state index in [0.717, 1.165) is 28.1 Å². The number of carbonyl (C=O) groups excluding carboxylic acids is 1. The maximum atomic E-state index is 13.6. The van der Waals surface area contributed by atoms with Crippen LogP contribution in [-0.2, 0) is 16.8 Å². The molecule has 4 rings (SSSR count). The number of pyridine rings is 1. The first-order valence-electron chi connectivity index (χ1n) is 12.2. The molecule has 37 heavy (non-hydrogen) atoms. The van der Waals surface area contributed by atoms with Crippen molar-refractivity contribution in [3.8, 4) is 11.5 Å². The Morgan fingerprint density at radius 2 is 1.89 bits per heavy atom. The highest BCUT2D eigenvalue weighted by Gasteiger charge is 2.33. The molecule has 0 radical (unpaired) electrons. The number of hydrogen-bond acceptors (Lipinski definition) is 7. The highest BCUT2D eigenvalue weighted by Crippen LogP contribution is 2.42. The Morgan fingerprint density at radius 3 is 2.51 bits per heavy atom. The molecule has 0 unspecified atom stereocenters. The highest BCUT2D eigenvalue weighted by atomic mass is 35.5. The van der Waals surface area contributed by atoms with Gasteiger partial charge in [-0.2, -0.15) is 0 Å². The van der Waals surface area contributed by atoms with Crippen LogP contribution in [0.1, 0.15) is 66.1 Å². The minimum Gasteiger partial charge on any atom is -0.492 e. The number of rotatable bonds is 7. The summed E-state index contributed by atoms with van der Waals surface area (Å²) in [6, 6.07) is 3.57. The average Bonchev–Trinajstić information content (AvgIpc) is 3.10. The predicted octanol–water partition coefficient (Wildman–Crippen LogP) is 4.12. The number of amidine groups is 1. The van der Waals surface area contributed by atoms with Gasteiger partial charge in [-0.15, -0.1) is 12.4 Å². The van der Waals surface area contributed by atoms with Gasteiger partial charge in [-0.05, 0) is 38.3 Å². The van der Waals surface area contributed by atoms with Crippen LogP contribution in [0.15, 0.2) is 12.1 Å². The summed E-state index contributed by atoms with van der Waals surface area (Å²) in [5, 5.41) is 18.1. The zero-order valence-corrected chi connectivity index (χ0v) is 23.0. The van der Waals surface area contributed by atoms with Crippen molar-refractivity contribution >= 4 is 35.7 Å². The van der Waals surface area contributed by atoms with E-state index in [1.165, 1.54) is 0 Å². The van der Waals surface area contributed by atoms with Crippen molar-refractivity contribution in [2.45, 2.75) is 53.5 Å². The molecule has 2 N–H and O–H groups in total. The molecule has 0 amide bonds. The number of aromatic nitrogens is 1. The molecule has 10 heteroatoms. The van der Waals surface area contributed by atoms with E-state index in [-0.39, 0.29) is 42.5 Å². The fourth-order valence-electron chi connectivity index (χ4n) is 4.86. The van der Waals surface area contributed by atoms with Crippen molar-refractivity contribution in [1.82, 2.24) is 9.88 Å². The molecular formula is C27H35ClN4O5. The molecule has 1 aromatic heterocycles. The molecule has 2 aliphatic rings. The largest absolute Gasteiger partial charge is 0.492 e. The molecule has 0 aliphatic carbocycles. The summed E-state index contributed by atoms with van der Waals surface area (Å²) in [6.07, 6.45) is 0. The van der Waals surface area contributed by atoms with Gasteiger partial charge in [0.1, 0.15) is 36.2 Å².